The van der Waals surface area contributed by atoms with Crippen LogP contribution in [0, 0.1) is 5.41 Å². The summed E-state index contributed by atoms with van der Waals surface area (Å²) in [6, 6.07) is 0. The van der Waals surface area contributed by atoms with Gasteiger partial charge in [0.25, 0.3) is 0 Å². The Morgan fingerprint density at radius 1 is 1.13 bits per heavy atom. The van der Waals surface area contributed by atoms with Crippen LogP contribution in [0.3, 0.4) is 0 Å². The van der Waals surface area contributed by atoms with E-state index in [9.17, 15) is 0 Å². The summed E-state index contributed by atoms with van der Waals surface area (Å²) < 4.78 is 0. The predicted molar refractivity (Wildman–Crippen MR) is 68.3 cm³/mol. The van der Waals surface area contributed by atoms with E-state index in [0.717, 1.165) is 6.54 Å². The van der Waals surface area contributed by atoms with Gasteiger partial charge in [0.15, 0.2) is 0 Å². The molecule has 0 unspecified atom stereocenters. The molecule has 88 valence electrons. The molecule has 2 nitrogen and oxygen atoms in total. The maximum absolute atomic E-state index is 5.89. The Morgan fingerprint density at radius 2 is 2.00 bits per heavy atom. The van der Waals surface area contributed by atoms with Crippen molar-refractivity contribution in [3.05, 3.63) is 0 Å². The third kappa shape index (κ3) is 3.11. The van der Waals surface area contributed by atoms with E-state index in [-0.39, 0.29) is 0 Å². The molecule has 0 amide bonds. The number of hydrogen-bond acceptors (Lipinski definition) is 3. The highest BCUT2D eigenvalue weighted by molar-refractivity contribution is 7.99. The molecule has 0 aromatic carbocycles. The van der Waals surface area contributed by atoms with Gasteiger partial charge in [0.2, 0.25) is 0 Å². The first-order valence-corrected chi connectivity index (χ1v) is 7.50. The molecule has 15 heavy (non-hydrogen) atoms. The fraction of sp³-hybridized carbons (Fsp3) is 1.00. The Labute approximate surface area is 98.0 Å². The lowest BCUT2D eigenvalue weighted by Crippen LogP contribution is -2.41. The monoisotopic (exact) mass is 228 g/mol. The van der Waals surface area contributed by atoms with Gasteiger partial charge in [-0.15, -0.1) is 0 Å². The van der Waals surface area contributed by atoms with Crippen molar-refractivity contribution in [2.75, 3.05) is 37.7 Å². The van der Waals surface area contributed by atoms with Gasteiger partial charge in [-0.3, -0.25) is 0 Å². The van der Waals surface area contributed by atoms with Crippen molar-refractivity contribution in [3.8, 4) is 0 Å². The van der Waals surface area contributed by atoms with E-state index in [1.165, 1.54) is 63.2 Å². The molecule has 1 aliphatic carbocycles. The Bertz CT molecular complexity index is 179. The quantitative estimate of drug-likeness (QED) is 0.797. The van der Waals surface area contributed by atoms with Gasteiger partial charge < -0.3 is 10.6 Å². The van der Waals surface area contributed by atoms with Crippen LogP contribution in [0.5, 0.6) is 0 Å². The molecule has 1 heterocycles. The summed E-state index contributed by atoms with van der Waals surface area (Å²) in [6.07, 6.45) is 6.89. The molecule has 2 rings (SSSR count). The molecule has 2 fully saturated rings. The zero-order valence-corrected chi connectivity index (χ0v) is 10.5. The van der Waals surface area contributed by atoms with Crippen molar-refractivity contribution in [1.82, 2.24) is 4.90 Å². The minimum atomic E-state index is 0.541. The van der Waals surface area contributed by atoms with Gasteiger partial charge in [0.05, 0.1) is 0 Å². The molecule has 0 aromatic rings. The van der Waals surface area contributed by atoms with Crippen LogP contribution in [0.15, 0.2) is 0 Å². The fourth-order valence-electron chi connectivity index (χ4n) is 2.65. The van der Waals surface area contributed by atoms with E-state index in [0.29, 0.717) is 5.41 Å². The van der Waals surface area contributed by atoms with Crippen LogP contribution in [0.2, 0.25) is 0 Å². The van der Waals surface area contributed by atoms with Crippen molar-refractivity contribution in [1.29, 1.82) is 0 Å². The first kappa shape index (κ1) is 11.7. The van der Waals surface area contributed by atoms with Crippen molar-refractivity contribution in [2.24, 2.45) is 11.1 Å². The van der Waals surface area contributed by atoms with Crippen molar-refractivity contribution in [3.63, 3.8) is 0 Å². The third-order valence-electron chi connectivity index (χ3n) is 4.12. The number of nitrogens with two attached hydrogens (primary N) is 1. The second-order valence-electron chi connectivity index (χ2n) is 5.12. The van der Waals surface area contributed by atoms with Gasteiger partial charge in [0, 0.05) is 12.3 Å². The van der Waals surface area contributed by atoms with Crippen LogP contribution < -0.4 is 5.73 Å². The largest absolute Gasteiger partial charge is 0.330 e. The molecular weight excluding hydrogens is 204 g/mol. The predicted octanol–water partition coefficient (Wildman–Crippen LogP) is 1.94. The van der Waals surface area contributed by atoms with Crippen LogP contribution in [-0.2, 0) is 0 Å². The smallest absolute Gasteiger partial charge is 0.00723 e. The summed E-state index contributed by atoms with van der Waals surface area (Å²) in [4.78, 5) is 2.65. The van der Waals surface area contributed by atoms with E-state index in [1.54, 1.807) is 0 Å². The standard InChI is InChI=1S/C12H24N2S/c13-11-12(3-1-4-12)5-7-14-6-2-9-15-10-8-14/h1-11,13H2. The summed E-state index contributed by atoms with van der Waals surface area (Å²) >= 11 is 2.11. The van der Waals surface area contributed by atoms with E-state index in [1.807, 2.05) is 0 Å². The lowest BCUT2D eigenvalue weighted by Gasteiger charge is -2.42. The first-order valence-electron chi connectivity index (χ1n) is 6.35. The Hall–Kier alpha value is 0.270. The molecule has 3 heteroatoms. The molecule has 1 saturated carbocycles. The van der Waals surface area contributed by atoms with Crippen molar-refractivity contribution in [2.45, 2.75) is 32.1 Å². The van der Waals surface area contributed by atoms with E-state index in [4.69, 9.17) is 5.73 Å². The molecule has 2 N–H and O–H groups in total. The van der Waals surface area contributed by atoms with Gasteiger partial charge >= 0.3 is 0 Å². The molecular formula is C12H24N2S. The van der Waals surface area contributed by atoms with Gasteiger partial charge in [-0.25, -0.2) is 0 Å². The molecule has 0 radical (unpaired) electrons. The summed E-state index contributed by atoms with van der Waals surface area (Å²) in [5, 5.41) is 0. The zero-order valence-electron chi connectivity index (χ0n) is 9.71. The molecule has 0 spiro atoms. The fourth-order valence-corrected chi connectivity index (χ4v) is 3.57. The summed E-state index contributed by atoms with van der Waals surface area (Å²) in [7, 11) is 0. The van der Waals surface area contributed by atoms with Crippen LogP contribution in [0.25, 0.3) is 0 Å². The van der Waals surface area contributed by atoms with Gasteiger partial charge in [-0.1, -0.05) is 6.42 Å². The minimum Gasteiger partial charge on any atom is -0.330 e. The van der Waals surface area contributed by atoms with Crippen LogP contribution >= 0.6 is 11.8 Å². The summed E-state index contributed by atoms with van der Waals surface area (Å²) in [5.74, 6) is 2.69. The van der Waals surface area contributed by atoms with Crippen molar-refractivity contribution >= 4 is 11.8 Å². The van der Waals surface area contributed by atoms with Crippen LogP contribution in [0.4, 0.5) is 0 Å². The van der Waals surface area contributed by atoms with E-state index in [2.05, 4.69) is 16.7 Å². The van der Waals surface area contributed by atoms with E-state index < -0.39 is 0 Å². The second kappa shape index (κ2) is 5.55. The topological polar surface area (TPSA) is 29.3 Å². The molecule has 2 aliphatic rings. The number of thioether (sulfide) groups is 1. The van der Waals surface area contributed by atoms with Crippen LogP contribution in [0.1, 0.15) is 32.1 Å². The third-order valence-corrected chi connectivity index (χ3v) is 5.17. The lowest BCUT2D eigenvalue weighted by molar-refractivity contribution is 0.108. The average Bonchev–Trinajstić information content (AvgIpc) is 2.45. The first-order chi connectivity index (χ1) is 7.35. The maximum atomic E-state index is 5.89. The molecule has 0 bridgehead atoms. The highest BCUT2D eigenvalue weighted by atomic mass is 32.2. The highest BCUT2D eigenvalue weighted by Gasteiger charge is 2.35. The number of hydrogen-bond donors (Lipinski definition) is 1. The Morgan fingerprint density at radius 3 is 2.67 bits per heavy atom. The maximum Gasteiger partial charge on any atom is 0.00723 e. The lowest BCUT2D eigenvalue weighted by atomic mass is 9.66. The van der Waals surface area contributed by atoms with Gasteiger partial charge in [-0.05, 0) is 56.5 Å². The van der Waals surface area contributed by atoms with Crippen LogP contribution in [-0.4, -0.2) is 42.6 Å². The molecule has 1 aliphatic heterocycles. The summed E-state index contributed by atoms with van der Waals surface area (Å²) in [6.45, 7) is 4.81. The normalized spacial score (nSPS) is 27.0. The minimum absolute atomic E-state index is 0.541. The second-order valence-corrected chi connectivity index (χ2v) is 6.34. The SMILES string of the molecule is NCC1(CCN2CCCSCC2)CCC1. The van der Waals surface area contributed by atoms with Crippen molar-refractivity contribution < 1.29 is 0 Å². The highest BCUT2D eigenvalue weighted by Crippen LogP contribution is 2.42. The van der Waals surface area contributed by atoms with E-state index >= 15 is 0 Å². The average molecular weight is 228 g/mol. The number of nitrogens with zero attached hydrogens (tertiary/aromatic N) is 1. The molecule has 0 atom stereocenters. The van der Waals surface area contributed by atoms with Gasteiger partial charge in [-0.2, -0.15) is 11.8 Å². The Balaban J connectivity index is 1.71. The Kier molecular flexibility index (Phi) is 4.35. The number of rotatable bonds is 4. The summed E-state index contributed by atoms with van der Waals surface area (Å²) in [5.41, 5.74) is 6.43. The molecule has 1 saturated heterocycles. The van der Waals surface area contributed by atoms with Gasteiger partial charge in [0.1, 0.15) is 0 Å². The zero-order chi connectivity index (χ0) is 10.6. The molecule has 0 aromatic heterocycles.